The van der Waals surface area contributed by atoms with Crippen molar-refractivity contribution in [2.24, 2.45) is 17.6 Å². The summed E-state index contributed by atoms with van der Waals surface area (Å²) < 4.78 is 6.08. The maximum absolute atomic E-state index is 14.1. The van der Waals surface area contributed by atoms with Crippen LogP contribution in [0.25, 0.3) is 0 Å². The van der Waals surface area contributed by atoms with E-state index in [2.05, 4.69) is 26.6 Å². The molecular weight excluding hydrogens is 1000 g/mol. The molecule has 0 aromatic heterocycles. The van der Waals surface area contributed by atoms with Crippen molar-refractivity contribution < 1.29 is 82.5 Å². The van der Waals surface area contributed by atoms with Crippen molar-refractivity contribution in [3.8, 4) is 5.75 Å². The number of ketones is 1. The third-order valence-electron chi connectivity index (χ3n) is 12.6. The largest absolute Gasteiger partial charge is 0.482 e. The lowest BCUT2D eigenvalue weighted by Crippen LogP contribution is -2.58. The number of amides is 7. The lowest BCUT2D eigenvalue weighted by Gasteiger charge is -2.32. The Morgan fingerprint density at radius 2 is 1.35 bits per heavy atom. The van der Waals surface area contributed by atoms with E-state index in [1.165, 1.54) is 31.3 Å². The molecule has 7 amide bonds. The summed E-state index contributed by atoms with van der Waals surface area (Å²) in [6, 6.07) is 0.823. The smallest absolute Gasteiger partial charge is 0.411 e. The molecule has 25 heteroatoms. The van der Waals surface area contributed by atoms with Gasteiger partial charge in [-0.05, 0) is 55.8 Å². The molecule has 75 heavy (non-hydrogen) atoms. The molecule has 24 nitrogen and oxygen atoms in total. The number of nitrogens with one attached hydrogen (secondary N) is 5. The number of carbonyl (C=O) groups excluding carboxylic acids is 8. The molecule has 0 aliphatic carbocycles. The van der Waals surface area contributed by atoms with Gasteiger partial charge >= 0.3 is 29.4 Å². The summed E-state index contributed by atoms with van der Waals surface area (Å²) in [6.07, 6.45) is 7.06. The predicted molar refractivity (Wildman–Crippen MR) is 275 cm³/mol. The first-order valence-electron chi connectivity index (χ1n) is 25.1. The summed E-state index contributed by atoms with van der Waals surface area (Å²) in [6.45, 7) is 5.04. The average Bonchev–Trinajstić information content (AvgIpc) is 4.08. The highest BCUT2D eigenvalue weighted by atomic mass is 32.2. The number of carbonyl (C=O) groups is 11. The molecule has 1 aromatic carbocycles. The molecule has 1 aliphatic heterocycles. The van der Waals surface area contributed by atoms with Crippen LogP contribution < -0.4 is 37.1 Å². The Bertz CT molecular complexity index is 2180. The van der Waals surface area contributed by atoms with Gasteiger partial charge in [-0.1, -0.05) is 71.4 Å². The number of benzene rings is 1. The summed E-state index contributed by atoms with van der Waals surface area (Å²) in [4.78, 5) is 142. The number of hydrogen-bond donors (Lipinski definition) is 10. The number of thioether (sulfide) groups is 1. The van der Waals surface area contributed by atoms with Crippen LogP contribution in [0.2, 0.25) is 0 Å². The van der Waals surface area contributed by atoms with Crippen molar-refractivity contribution in [2.45, 2.75) is 141 Å². The van der Waals surface area contributed by atoms with E-state index in [1.807, 2.05) is 13.8 Å². The van der Waals surface area contributed by atoms with E-state index in [0.717, 1.165) is 72.9 Å². The summed E-state index contributed by atoms with van der Waals surface area (Å²) in [7, 11) is 1.31. The van der Waals surface area contributed by atoms with E-state index in [0.29, 0.717) is 24.9 Å². The lowest BCUT2D eigenvalue weighted by atomic mass is 9.96. The first-order chi connectivity index (χ1) is 35.5. The lowest BCUT2D eigenvalue weighted by molar-refractivity contribution is -0.418. The Morgan fingerprint density at radius 1 is 0.733 bits per heavy atom. The Balaban J connectivity index is 2.20. The van der Waals surface area contributed by atoms with Crippen LogP contribution in [0.5, 0.6) is 5.75 Å². The second kappa shape index (κ2) is 33.4. The molecule has 11 N–H and O–H groups in total. The van der Waals surface area contributed by atoms with Gasteiger partial charge in [0.2, 0.25) is 47.4 Å². The van der Waals surface area contributed by atoms with Gasteiger partial charge in [0.15, 0.2) is 12.6 Å². The number of rotatable bonds is 39. The highest BCUT2D eigenvalue weighted by Crippen LogP contribution is 2.28. The van der Waals surface area contributed by atoms with Gasteiger partial charge in [-0.25, -0.2) is 9.59 Å². The molecule has 1 aliphatic rings. The standard InChI is InChI=1S/C50H76N8O16S/c1-31(2)32(3)45(69)56-37(20-23-59)48(72)57(5)39(47(71)55-36(19-21-51)46(70)52-22-13-11-9-7-6-8-10-12-14-42(63)64)28-75-29-41(62)53-26-40(61)54-38(24-34-15-17-35(18-16-34)74-27-44(67)68)49(73)58-30-50(58,33(4)60)25-43(65)66/h15-18,30-32,36-39,59H,6-14,19-29,51H2,1-5H3,(H7-,52,53,54,55,56,61,62,63,64,65,66,67,68,69,70,71)/p+1/t32-,36-,37-,38-,39-,50-/m0/s1. The number of carboxylic acid groups (broad SMARTS) is 3. The van der Waals surface area contributed by atoms with Crippen molar-refractivity contribution in [1.29, 1.82) is 0 Å². The van der Waals surface area contributed by atoms with E-state index in [9.17, 15) is 63.0 Å². The van der Waals surface area contributed by atoms with Crippen molar-refractivity contribution in [3.63, 3.8) is 0 Å². The van der Waals surface area contributed by atoms with Gasteiger partial charge in [0.05, 0.1) is 12.3 Å². The minimum atomic E-state index is -1.73. The number of hydrogen-bond acceptors (Lipinski definition) is 15. The fourth-order valence-corrected chi connectivity index (χ4v) is 8.66. The van der Waals surface area contributed by atoms with Crippen molar-refractivity contribution >= 4 is 83.0 Å². The SMILES string of the molecule is CC(=O)[C@]1(CC(=O)O)C=[N+]1C(=O)[C@H](Cc1ccc(OCC(=O)O)cc1)NC(=O)CNC(=O)CSC[C@@H](C(=O)N[C@@H](CCN)C(=O)NCCCCCCCCCCC(=O)O)N(C)C(=O)[C@H](CCO)NC(=O)[C@@H](C)C(C)C. The number of likely N-dealkylation sites (N-methyl/N-ethyl adjacent to an activating group) is 1. The van der Waals surface area contributed by atoms with Crippen LogP contribution >= 0.6 is 11.8 Å². The third-order valence-corrected chi connectivity index (χ3v) is 13.6. The number of unbranched alkanes of at least 4 members (excludes halogenated alkanes) is 7. The second-order valence-corrected chi connectivity index (χ2v) is 19.8. The van der Waals surface area contributed by atoms with Crippen LogP contribution in [0.4, 0.5) is 0 Å². The zero-order valence-electron chi connectivity index (χ0n) is 43.6. The van der Waals surface area contributed by atoms with E-state index < -0.39 is 127 Å². The summed E-state index contributed by atoms with van der Waals surface area (Å²) in [5, 5.41) is 50.1. The van der Waals surface area contributed by atoms with Crippen molar-refractivity contribution in [3.05, 3.63) is 29.8 Å². The van der Waals surface area contributed by atoms with Crippen LogP contribution in [0.15, 0.2) is 24.3 Å². The van der Waals surface area contributed by atoms with E-state index in [4.69, 9.17) is 20.7 Å². The maximum atomic E-state index is 14.1. The second-order valence-electron chi connectivity index (χ2n) is 18.8. The molecule has 0 radical (unpaired) electrons. The van der Waals surface area contributed by atoms with Crippen molar-refractivity contribution in [2.75, 3.05) is 51.4 Å². The molecule has 1 heterocycles. The molecule has 0 saturated heterocycles. The summed E-state index contributed by atoms with van der Waals surface area (Å²) in [5.74, 6) is -9.79. The fourth-order valence-electron chi connectivity index (χ4n) is 7.66. The number of carboxylic acids is 3. The molecule has 0 spiro atoms. The Labute approximate surface area is 441 Å². The number of ether oxygens (including phenoxy) is 1. The molecule has 0 fully saturated rings. The van der Waals surface area contributed by atoms with Gasteiger partial charge in [0.25, 0.3) is 0 Å². The highest BCUT2D eigenvalue weighted by Gasteiger charge is 2.66. The zero-order valence-corrected chi connectivity index (χ0v) is 44.4. The van der Waals surface area contributed by atoms with Crippen LogP contribution in [0.3, 0.4) is 0 Å². The summed E-state index contributed by atoms with van der Waals surface area (Å²) >= 11 is 0.896. The molecule has 6 atom stereocenters. The average molecular weight is 1080 g/mol. The first-order valence-corrected chi connectivity index (χ1v) is 26.3. The Hall–Kier alpha value is -6.47. The Morgan fingerprint density at radius 3 is 1.91 bits per heavy atom. The van der Waals surface area contributed by atoms with Gasteiger partial charge in [0.1, 0.15) is 30.3 Å². The maximum Gasteiger partial charge on any atom is 0.411 e. The van der Waals surface area contributed by atoms with Crippen LogP contribution in [-0.2, 0) is 59.2 Å². The predicted octanol–water partition coefficient (Wildman–Crippen LogP) is -0.0157. The molecule has 1 aromatic rings. The van der Waals surface area contributed by atoms with Crippen molar-refractivity contribution in [1.82, 2.24) is 31.5 Å². The monoisotopic (exact) mass is 1080 g/mol. The molecule has 0 saturated carbocycles. The number of aliphatic hydroxyl groups excluding tert-OH is 1. The minimum Gasteiger partial charge on any atom is -0.482 e. The quantitative estimate of drug-likeness (QED) is 0.0306. The van der Waals surface area contributed by atoms with Gasteiger partial charge in [-0.2, -0.15) is 0 Å². The molecule has 0 bridgehead atoms. The number of aliphatic carboxylic acids is 3. The topological polar surface area (TPSA) is 370 Å². The normalized spacial score (nSPS) is 15.7. The van der Waals surface area contributed by atoms with E-state index in [1.54, 1.807) is 6.92 Å². The number of nitrogens with two attached hydrogens (primary N) is 1. The van der Waals surface area contributed by atoms with Gasteiger partial charge in [0, 0.05) is 51.6 Å². The van der Waals surface area contributed by atoms with Gasteiger partial charge in [-0.15, -0.1) is 16.3 Å². The molecule has 0 unspecified atom stereocenters. The first kappa shape index (κ1) is 64.6. The van der Waals surface area contributed by atoms with E-state index >= 15 is 0 Å². The molecular formula is C50H77N8O16S+. The van der Waals surface area contributed by atoms with Crippen LogP contribution in [0, 0.1) is 11.8 Å². The highest BCUT2D eigenvalue weighted by molar-refractivity contribution is 8.00. The summed E-state index contributed by atoms with van der Waals surface area (Å²) in [5.41, 5.74) is 4.56. The van der Waals surface area contributed by atoms with E-state index in [-0.39, 0.29) is 55.4 Å². The Kier molecular flexibility index (Phi) is 28.8. The number of nitrogens with zero attached hydrogens (tertiary/aromatic N) is 2. The van der Waals surface area contributed by atoms with Crippen LogP contribution in [-0.4, -0.2) is 182 Å². The minimum absolute atomic E-state index is 0.0135. The van der Waals surface area contributed by atoms with Gasteiger partial charge in [-0.3, -0.25) is 43.2 Å². The van der Waals surface area contributed by atoms with Crippen LogP contribution in [0.1, 0.15) is 110 Å². The third kappa shape index (κ3) is 23.3. The number of Topliss-reactive ketones (excluding diaryl/α,β-unsaturated/α-hetero) is 1. The zero-order chi connectivity index (χ0) is 56.3. The van der Waals surface area contributed by atoms with Gasteiger partial charge < -0.3 is 62.4 Å². The number of aliphatic hydroxyl groups is 1. The fraction of sp³-hybridized carbons (Fsp3) is 0.640. The molecule has 2 rings (SSSR count). The molecule has 418 valence electrons.